The predicted octanol–water partition coefficient (Wildman–Crippen LogP) is 4.35. The molecular weight excluding hydrogens is 184 g/mol. The minimum atomic E-state index is 0.442. The molecule has 88 valence electrons. The highest BCUT2D eigenvalue weighted by atomic mass is 16.1. The summed E-state index contributed by atoms with van der Waals surface area (Å²) in [5.74, 6) is 2.37. The van der Waals surface area contributed by atoms with E-state index >= 15 is 0 Å². The van der Waals surface area contributed by atoms with Gasteiger partial charge in [-0.15, -0.1) is 0 Å². The van der Waals surface area contributed by atoms with Crippen molar-refractivity contribution in [2.24, 2.45) is 11.8 Å². The van der Waals surface area contributed by atoms with Crippen LogP contribution in [0, 0.1) is 11.8 Å². The maximum Gasteiger partial charge on any atom is 0.132 e. The van der Waals surface area contributed by atoms with E-state index in [4.69, 9.17) is 0 Å². The molecule has 0 aliphatic heterocycles. The van der Waals surface area contributed by atoms with Crippen molar-refractivity contribution in [2.75, 3.05) is 0 Å². The van der Waals surface area contributed by atoms with Gasteiger partial charge in [0, 0.05) is 12.8 Å². The van der Waals surface area contributed by atoms with Crippen LogP contribution in [0.3, 0.4) is 0 Å². The van der Waals surface area contributed by atoms with Crippen molar-refractivity contribution < 1.29 is 4.79 Å². The molecule has 0 unspecified atom stereocenters. The number of rotatable bonds is 6. The summed E-state index contributed by atoms with van der Waals surface area (Å²) in [4.78, 5) is 11.2. The number of carbonyl (C=O) groups is 1. The Morgan fingerprint density at radius 2 is 1.67 bits per heavy atom. The molecule has 1 aliphatic carbocycles. The molecule has 1 nitrogen and oxygen atoms in total. The summed E-state index contributed by atoms with van der Waals surface area (Å²) in [6.07, 6.45) is 11.0. The maximum absolute atomic E-state index is 11.2. The first kappa shape index (κ1) is 12.7. The number of carbonyl (C=O) groups excluding carboxylic acids is 1. The molecule has 1 saturated carbocycles. The van der Waals surface area contributed by atoms with Gasteiger partial charge in [-0.25, -0.2) is 0 Å². The van der Waals surface area contributed by atoms with Crippen LogP contribution in [0.25, 0.3) is 0 Å². The van der Waals surface area contributed by atoms with E-state index < -0.39 is 0 Å². The Labute approximate surface area is 94.6 Å². The summed E-state index contributed by atoms with van der Waals surface area (Å²) in [5.41, 5.74) is 0. The first-order valence-electron chi connectivity index (χ1n) is 6.77. The Balaban J connectivity index is 2.06. The lowest BCUT2D eigenvalue weighted by atomic mass is 9.79. The first-order chi connectivity index (χ1) is 7.26. The third-order valence-corrected chi connectivity index (χ3v) is 4.01. The molecule has 0 spiro atoms. The highest BCUT2D eigenvalue weighted by Gasteiger charge is 2.19. The van der Waals surface area contributed by atoms with Gasteiger partial charge in [0.25, 0.3) is 0 Å². The second-order valence-corrected chi connectivity index (χ2v) is 5.08. The van der Waals surface area contributed by atoms with Gasteiger partial charge < -0.3 is 0 Å². The molecule has 1 rings (SSSR count). The van der Waals surface area contributed by atoms with Crippen molar-refractivity contribution in [3.8, 4) is 0 Å². The maximum atomic E-state index is 11.2. The van der Waals surface area contributed by atoms with E-state index in [1.807, 2.05) is 6.92 Å². The molecule has 1 aliphatic rings. The Morgan fingerprint density at radius 3 is 2.20 bits per heavy atom. The topological polar surface area (TPSA) is 17.1 Å². The van der Waals surface area contributed by atoms with Crippen LogP contribution in [-0.4, -0.2) is 5.78 Å². The van der Waals surface area contributed by atoms with Crippen molar-refractivity contribution in [1.82, 2.24) is 0 Å². The standard InChI is InChI=1S/C14H26O/c1-3-12-8-10-13(11-9-12)6-5-7-14(15)4-2/h12-13H,3-11H2,1-2H3/t12-,13+. The van der Waals surface area contributed by atoms with Gasteiger partial charge >= 0.3 is 0 Å². The molecule has 0 N–H and O–H groups in total. The lowest BCUT2D eigenvalue weighted by molar-refractivity contribution is -0.118. The van der Waals surface area contributed by atoms with Crippen LogP contribution in [0.15, 0.2) is 0 Å². The van der Waals surface area contributed by atoms with Crippen molar-refractivity contribution in [2.45, 2.75) is 71.6 Å². The van der Waals surface area contributed by atoms with Crippen LogP contribution in [0.1, 0.15) is 71.6 Å². The molecule has 0 aromatic heterocycles. The molecule has 1 heteroatoms. The van der Waals surface area contributed by atoms with E-state index in [1.54, 1.807) is 0 Å². The first-order valence-corrected chi connectivity index (χ1v) is 6.77. The van der Waals surface area contributed by atoms with Crippen LogP contribution in [0.5, 0.6) is 0 Å². The predicted molar refractivity (Wildman–Crippen MR) is 64.9 cm³/mol. The van der Waals surface area contributed by atoms with E-state index in [2.05, 4.69) is 6.92 Å². The molecule has 0 bridgehead atoms. The Hall–Kier alpha value is -0.330. The van der Waals surface area contributed by atoms with E-state index in [0.29, 0.717) is 5.78 Å². The molecule has 0 radical (unpaired) electrons. The van der Waals surface area contributed by atoms with Gasteiger partial charge in [-0.05, 0) is 18.3 Å². The monoisotopic (exact) mass is 210 g/mol. The molecule has 0 aromatic carbocycles. The summed E-state index contributed by atoms with van der Waals surface area (Å²) >= 11 is 0. The summed E-state index contributed by atoms with van der Waals surface area (Å²) < 4.78 is 0. The second-order valence-electron chi connectivity index (χ2n) is 5.08. The zero-order chi connectivity index (χ0) is 11.1. The van der Waals surface area contributed by atoms with E-state index in [1.165, 1.54) is 38.5 Å². The van der Waals surface area contributed by atoms with Crippen LogP contribution in [0.4, 0.5) is 0 Å². The van der Waals surface area contributed by atoms with Gasteiger partial charge in [0.05, 0.1) is 0 Å². The zero-order valence-corrected chi connectivity index (χ0v) is 10.4. The minimum Gasteiger partial charge on any atom is -0.300 e. The number of Topliss-reactive ketones (excluding diaryl/α,β-unsaturated/α-hetero) is 1. The average molecular weight is 210 g/mol. The van der Waals surface area contributed by atoms with Crippen molar-refractivity contribution in [1.29, 1.82) is 0 Å². The van der Waals surface area contributed by atoms with Crippen molar-refractivity contribution in [3.05, 3.63) is 0 Å². The van der Waals surface area contributed by atoms with Gasteiger partial charge in [0.2, 0.25) is 0 Å². The number of ketones is 1. The van der Waals surface area contributed by atoms with Gasteiger partial charge in [-0.1, -0.05) is 52.4 Å². The van der Waals surface area contributed by atoms with Crippen molar-refractivity contribution >= 4 is 5.78 Å². The summed E-state index contributed by atoms with van der Waals surface area (Å²) in [6, 6.07) is 0. The van der Waals surface area contributed by atoms with Crippen LogP contribution < -0.4 is 0 Å². The smallest absolute Gasteiger partial charge is 0.132 e. The van der Waals surface area contributed by atoms with Crippen molar-refractivity contribution in [3.63, 3.8) is 0 Å². The summed E-state index contributed by atoms with van der Waals surface area (Å²) in [5, 5.41) is 0. The molecule has 0 heterocycles. The Morgan fingerprint density at radius 1 is 1.07 bits per heavy atom. The van der Waals surface area contributed by atoms with Crippen LogP contribution in [-0.2, 0) is 4.79 Å². The fourth-order valence-electron chi connectivity index (χ4n) is 2.69. The average Bonchev–Trinajstić information content (AvgIpc) is 2.29. The Bertz CT molecular complexity index is 178. The normalized spacial score (nSPS) is 26.5. The molecule has 15 heavy (non-hydrogen) atoms. The van der Waals surface area contributed by atoms with E-state index in [0.717, 1.165) is 31.1 Å². The fraction of sp³-hybridized carbons (Fsp3) is 0.929. The van der Waals surface area contributed by atoms with Gasteiger partial charge in [-0.2, -0.15) is 0 Å². The lowest BCUT2D eigenvalue weighted by Gasteiger charge is -2.27. The third kappa shape index (κ3) is 4.81. The van der Waals surface area contributed by atoms with Gasteiger partial charge in [-0.3, -0.25) is 4.79 Å². The quantitative estimate of drug-likeness (QED) is 0.637. The molecule has 0 atom stereocenters. The van der Waals surface area contributed by atoms with Crippen LogP contribution in [0.2, 0.25) is 0 Å². The number of hydrogen-bond donors (Lipinski definition) is 0. The molecule has 0 aromatic rings. The van der Waals surface area contributed by atoms with Gasteiger partial charge in [0.15, 0.2) is 0 Å². The Kier molecular flexibility index (Phi) is 5.97. The van der Waals surface area contributed by atoms with Crippen LogP contribution >= 0.6 is 0 Å². The zero-order valence-electron chi connectivity index (χ0n) is 10.4. The SMILES string of the molecule is CCC(=O)CCC[C@H]1CC[C@@H](CC)CC1. The highest BCUT2D eigenvalue weighted by molar-refractivity contribution is 5.77. The minimum absolute atomic E-state index is 0.442. The summed E-state index contributed by atoms with van der Waals surface area (Å²) in [6.45, 7) is 4.28. The molecule has 0 saturated heterocycles. The highest BCUT2D eigenvalue weighted by Crippen LogP contribution is 2.33. The molecule has 0 amide bonds. The number of hydrogen-bond acceptors (Lipinski definition) is 1. The second kappa shape index (κ2) is 7.03. The lowest BCUT2D eigenvalue weighted by Crippen LogP contribution is -2.14. The molecular formula is C14H26O. The van der Waals surface area contributed by atoms with Gasteiger partial charge in [0.1, 0.15) is 5.78 Å². The fourth-order valence-corrected chi connectivity index (χ4v) is 2.69. The largest absolute Gasteiger partial charge is 0.300 e. The molecule has 1 fully saturated rings. The summed E-state index contributed by atoms with van der Waals surface area (Å²) in [7, 11) is 0. The van der Waals surface area contributed by atoms with E-state index in [-0.39, 0.29) is 0 Å². The van der Waals surface area contributed by atoms with E-state index in [9.17, 15) is 4.79 Å². The third-order valence-electron chi connectivity index (χ3n) is 4.01.